The molecule has 128 valence electrons. The number of rotatable bonds is 4. The summed E-state index contributed by atoms with van der Waals surface area (Å²) >= 11 is 0. The van der Waals surface area contributed by atoms with E-state index in [1.54, 1.807) is 4.68 Å². The third-order valence-corrected chi connectivity index (χ3v) is 4.35. The Labute approximate surface area is 144 Å². The molecule has 0 unspecified atom stereocenters. The van der Waals surface area contributed by atoms with E-state index >= 15 is 0 Å². The molecule has 1 aliphatic heterocycles. The quantitative estimate of drug-likeness (QED) is 0.718. The minimum atomic E-state index is 0.0739. The van der Waals surface area contributed by atoms with Crippen molar-refractivity contribution >= 4 is 5.91 Å². The largest absolute Gasteiger partial charge is 0.441 e. The molecule has 25 heavy (non-hydrogen) atoms. The highest BCUT2D eigenvalue weighted by atomic mass is 16.4. The van der Waals surface area contributed by atoms with E-state index in [4.69, 9.17) is 4.42 Å². The molecule has 3 aromatic rings. The van der Waals surface area contributed by atoms with Crippen molar-refractivity contribution in [1.29, 1.82) is 0 Å². The number of tetrazole rings is 1. The smallest absolute Gasteiger partial charge is 0.226 e. The Morgan fingerprint density at radius 1 is 1.28 bits per heavy atom. The maximum absolute atomic E-state index is 12.5. The van der Waals surface area contributed by atoms with Crippen LogP contribution in [0.25, 0.3) is 11.5 Å². The Hall–Kier alpha value is -3.03. The molecule has 1 amide bonds. The lowest BCUT2D eigenvalue weighted by Crippen LogP contribution is -2.36. The van der Waals surface area contributed by atoms with Crippen LogP contribution >= 0.6 is 0 Å². The van der Waals surface area contributed by atoms with Gasteiger partial charge in [-0.2, -0.15) is 0 Å². The molecule has 0 radical (unpaired) electrons. The molecule has 0 saturated carbocycles. The summed E-state index contributed by atoms with van der Waals surface area (Å²) in [6.45, 7) is 3.43. The van der Waals surface area contributed by atoms with E-state index in [9.17, 15) is 4.79 Å². The number of hydrogen-bond acceptors (Lipinski definition) is 6. The van der Waals surface area contributed by atoms with Gasteiger partial charge in [0.1, 0.15) is 17.3 Å². The lowest BCUT2D eigenvalue weighted by molar-refractivity contribution is -0.132. The van der Waals surface area contributed by atoms with Gasteiger partial charge >= 0.3 is 0 Å². The van der Waals surface area contributed by atoms with E-state index in [1.165, 1.54) is 0 Å². The number of aromatic nitrogens is 5. The first-order chi connectivity index (χ1) is 12.2. The minimum Gasteiger partial charge on any atom is -0.441 e. The van der Waals surface area contributed by atoms with Gasteiger partial charge in [0.25, 0.3) is 0 Å². The molecule has 0 bridgehead atoms. The van der Waals surface area contributed by atoms with Crippen molar-refractivity contribution in [2.45, 2.75) is 32.9 Å². The van der Waals surface area contributed by atoms with Crippen molar-refractivity contribution in [3.63, 3.8) is 0 Å². The molecule has 1 aromatic carbocycles. The number of carbonyl (C=O) groups excluding carboxylic acids is 1. The molecule has 1 aliphatic rings. The fourth-order valence-corrected chi connectivity index (χ4v) is 2.93. The highest BCUT2D eigenvalue weighted by Crippen LogP contribution is 2.26. The van der Waals surface area contributed by atoms with Gasteiger partial charge in [-0.1, -0.05) is 18.2 Å². The minimum absolute atomic E-state index is 0.0739. The van der Waals surface area contributed by atoms with Crippen LogP contribution in [0.4, 0.5) is 0 Å². The van der Waals surface area contributed by atoms with Gasteiger partial charge in [0.2, 0.25) is 11.8 Å². The summed E-state index contributed by atoms with van der Waals surface area (Å²) in [5, 5.41) is 11.3. The molecule has 0 atom stereocenters. The van der Waals surface area contributed by atoms with E-state index in [2.05, 4.69) is 20.5 Å². The molecule has 4 rings (SSSR count). The van der Waals surface area contributed by atoms with Gasteiger partial charge in [0.15, 0.2) is 0 Å². The summed E-state index contributed by atoms with van der Waals surface area (Å²) in [5.74, 6) is 2.27. The first-order valence-electron chi connectivity index (χ1n) is 8.25. The zero-order chi connectivity index (χ0) is 17.2. The maximum atomic E-state index is 12.5. The van der Waals surface area contributed by atoms with Gasteiger partial charge in [-0.15, -0.1) is 5.10 Å². The van der Waals surface area contributed by atoms with Crippen molar-refractivity contribution < 1.29 is 9.21 Å². The zero-order valence-electron chi connectivity index (χ0n) is 13.9. The van der Waals surface area contributed by atoms with E-state index in [0.717, 1.165) is 17.0 Å². The molecular weight excluding hydrogens is 320 g/mol. The molecule has 8 nitrogen and oxygen atoms in total. The van der Waals surface area contributed by atoms with Gasteiger partial charge in [0, 0.05) is 24.9 Å². The average molecular weight is 338 g/mol. The van der Waals surface area contributed by atoms with Crippen molar-refractivity contribution in [2.24, 2.45) is 0 Å². The Kier molecular flexibility index (Phi) is 4.01. The van der Waals surface area contributed by atoms with Crippen molar-refractivity contribution in [2.75, 3.05) is 6.54 Å². The van der Waals surface area contributed by atoms with Crippen LogP contribution in [0.15, 0.2) is 34.7 Å². The summed E-state index contributed by atoms with van der Waals surface area (Å²) in [6.07, 6.45) is 1.05. The topological polar surface area (TPSA) is 89.9 Å². The number of nitrogens with zero attached hydrogens (tertiary/aromatic N) is 6. The lowest BCUT2D eigenvalue weighted by Gasteiger charge is -2.25. The Balaban J connectivity index is 1.43. The summed E-state index contributed by atoms with van der Waals surface area (Å²) < 4.78 is 7.51. The maximum Gasteiger partial charge on any atom is 0.226 e. The number of aryl methyl sites for hydroxylation is 2. The van der Waals surface area contributed by atoms with E-state index in [0.29, 0.717) is 44.2 Å². The highest BCUT2D eigenvalue weighted by Gasteiger charge is 2.25. The molecule has 3 heterocycles. The van der Waals surface area contributed by atoms with Gasteiger partial charge < -0.3 is 9.32 Å². The SMILES string of the molecule is Cc1nnnn1CCC(=O)N1CCc2oc(-c3ccccc3)nc2C1. The van der Waals surface area contributed by atoms with Crippen LogP contribution in [0.3, 0.4) is 0 Å². The number of hydrogen-bond donors (Lipinski definition) is 0. The predicted molar refractivity (Wildman–Crippen MR) is 88.2 cm³/mol. The monoisotopic (exact) mass is 338 g/mol. The second-order valence-electron chi connectivity index (χ2n) is 6.02. The fraction of sp³-hybridized carbons (Fsp3) is 0.353. The summed E-state index contributed by atoms with van der Waals surface area (Å²) in [4.78, 5) is 18.9. The Bertz CT molecular complexity index is 886. The van der Waals surface area contributed by atoms with Gasteiger partial charge in [-0.05, 0) is 29.5 Å². The average Bonchev–Trinajstić information content (AvgIpc) is 3.25. The summed E-state index contributed by atoms with van der Waals surface area (Å²) in [5.41, 5.74) is 1.79. The van der Waals surface area contributed by atoms with Crippen molar-refractivity contribution in [1.82, 2.24) is 30.1 Å². The summed E-state index contributed by atoms with van der Waals surface area (Å²) in [6, 6.07) is 9.80. The van der Waals surface area contributed by atoms with E-state index in [1.807, 2.05) is 42.2 Å². The highest BCUT2D eigenvalue weighted by molar-refractivity contribution is 5.76. The first-order valence-corrected chi connectivity index (χ1v) is 8.25. The first kappa shape index (κ1) is 15.5. The molecule has 0 aliphatic carbocycles. The number of benzene rings is 1. The molecule has 0 saturated heterocycles. The fourth-order valence-electron chi connectivity index (χ4n) is 2.93. The van der Waals surface area contributed by atoms with Gasteiger partial charge in [-0.25, -0.2) is 9.67 Å². The van der Waals surface area contributed by atoms with Crippen LogP contribution in [0.5, 0.6) is 0 Å². The Morgan fingerprint density at radius 2 is 2.12 bits per heavy atom. The molecule has 0 spiro atoms. The van der Waals surface area contributed by atoms with Gasteiger partial charge in [0.05, 0.1) is 13.1 Å². The molecule has 8 heteroatoms. The molecule has 0 fully saturated rings. The van der Waals surface area contributed by atoms with Crippen LogP contribution in [0.1, 0.15) is 23.7 Å². The van der Waals surface area contributed by atoms with Crippen LogP contribution in [-0.2, 0) is 24.3 Å². The molecule has 0 N–H and O–H groups in total. The second-order valence-corrected chi connectivity index (χ2v) is 6.02. The number of carbonyl (C=O) groups is 1. The molecular formula is C17H18N6O2. The van der Waals surface area contributed by atoms with Crippen molar-refractivity contribution in [3.05, 3.63) is 47.6 Å². The van der Waals surface area contributed by atoms with Crippen LogP contribution in [-0.4, -0.2) is 42.5 Å². The Morgan fingerprint density at radius 3 is 2.88 bits per heavy atom. The number of amides is 1. The standard InChI is InChI=1S/C17H18N6O2/c1-12-19-20-21-23(12)10-8-16(24)22-9-7-15-14(11-22)18-17(25-15)13-5-3-2-4-6-13/h2-6H,7-11H2,1H3. The van der Waals surface area contributed by atoms with Crippen LogP contribution < -0.4 is 0 Å². The summed E-state index contributed by atoms with van der Waals surface area (Å²) in [7, 11) is 0. The second kappa shape index (κ2) is 6.46. The third-order valence-electron chi connectivity index (χ3n) is 4.35. The van der Waals surface area contributed by atoms with Crippen LogP contribution in [0.2, 0.25) is 0 Å². The van der Waals surface area contributed by atoms with Crippen molar-refractivity contribution in [3.8, 4) is 11.5 Å². The molecule has 2 aromatic heterocycles. The van der Waals surface area contributed by atoms with Gasteiger partial charge in [-0.3, -0.25) is 4.79 Å². The van der Waals surface area contributed by atoms with Crippen LogP contribution in [0, 0.1) is 6.92 Å². The lowest BCUT2D eigenvalue weighted by atomic mass is 10.1. The third kappa shape index (κ3) is 3.15. The van der Waals surface area contributed by atoms with E-state index in [-0.39, 0.29) is 5.91 Å². The number of oxazole rings is 1. The van der Waals surface area contributed by atoms with E-state index < -0.39 is 0 Å². The zero-order valence-corrected chi connectivity index (χ0v) is 13.9. The predicted octanol–water partition coefficient (Wildman–Crippen LogP) is 1.61. The number of fused-ring (bicyclic) bond motifs is 1. The normalized spacial score (nSPS) is 13.7.